The Bertz CT molecular complexity index is 7710. The molecule has 0 atom stereocenters. The number of nitrogens with zero attached hydrogens (tertiary/aromatic N) is 4. The number of fused-ring (bicyclic) bond motifs is 18. The number of para-hydroxylation sites is 6. The van der Waals surface area contributed by atoms with Gasteiger partial charge in [-0.15, -0.1) is 0 Å². The molecule has 4 aromatic heterocycles. The molecule has 19 aromatic carbocycles. The first-order valence-electron chi connectivity index (χ1n) is 38.7. The van der Waals surface area contributed by atoms with E-state index in [0.717, 1.165) is 5.69 Å². The van der Waals surface area contributed by atoms with Crippen molar-refractivity contribution in [2.75, 3.05) is 0 Å². The van der Waals surface area contributed by atoms with Crippen LogP contribution in [0.2, 0.25) is 0 Å². The van der Waals surface area contributed by atoms with Gasteiger partial charge in [0.25, 0.3) is 0 Å². The van der Waals surface area contributed by atoms with Crippen molar-refractivity contribution >= 4 is 120 Å². The highest BCUT2D eigenvalue weighted by molar-refractivity contribution is 6.24. The molecule has 0 saturated heterocycles. The Kier molecular flexibility index (Phi) is 14.3. The van der Waals surface area contributed by atoms with Gasteiger partial charge < -0.3 is 18.3 Å². The summed E-state index contributed by atoms with van der Waals surface area (Å²) in [5, 5.41) is 17.7. The minimum absolute atomic E-state index is 1.16. The van der Waals surface area contributed by atoms with Gasteiger partial charge in [-0.1, -0.05) is 297 Å². The van der Waals surface area contributed by atoms with Gasteiger partial charge in [0.2, 0.25) is 0 Å². The molecule has 520 valence electrons. The lowest BCUT2D eigenvalue weighted by molar-refractivity contribution is 1.18. The summed E-state index contributed by atoms with van der Waals surface area (Å²) < 4.78 is 9.69. The predicted molar refractivity (Wildman–Crippen MR) is 474 cm³/mol. The van der Waals surface area contributed by atoms with Crippen LogP contribution in [0.25, 0.3) is 220 Å². The number of benzene rings is 19. The molecular weight excluding hydrogens is 1350 g/mol. The Balaban J connectivity index is 0.000000135. The monoisotopic (exact) mass is 1420 g/mol. The minimum Gasteiger partial charge on any atom is -0.309 e. The molecule has 0 amide bonds. The fourth-order valence-corrected chi connectivity index (χ4v) is 18.8. The summed E-state index contributed by atoms with van der Waals surface area (Å²) in [7, 11) is 0. The van der Waals surface area contributed by atoms with Crippen molar-refractivity contribution in [1.82, 2.24) is 18.3 Å². The predicted octanol–water partition coefficient (Wildman–Crippen LogP) is 29.2. The highest BCUT2D eigenvalue weighted by Crippen LogP contribution is 2.56. The molecule has 0 bridgehead atoms. The molecule has 4 heteroatoms. The van der Waals surface area contributed by atoms with Crippen LogP contribution in [-0.4, -0.2) is 18.3 Å². The molecule has 0 radical (unpaired) electrons. The van der Waals surface area contributed by atoms with Crippen LogP contribution >= 0.6 is 0 Å². The van der Waals surface area contributed by atoms with Gasteiger partial charge in [0.1, 0.15) is 0 Å². The van der Waals surface area contributed by atoms with Crippen molar-refractivity contribution in [1.29, 1.82) is 0 Å². The van der Waals surface area contributed by atoms with Gasteiger partial charge in [0.05, 0.1) is 49.8 Å². The SMILES string of the molecule is c1ccc(-c2ccc(-c3ccccc3)c3c2-c2cccc4c(-n5c6ccccc6c6cc(-c7ccc8c(c7)c7ccccc7n8-c7ccccc7)ccc65)ccc-3c24)cc1.c1ccc(-n2c3ccccc3c3ccc(-c4ccc5c(c4)c4ccccc4n5-c4cccc(-c5ccc6c(ccc7ccccc76)c5)c4)cc32)cc1. The molecule has 0 spiro atoms. The number of aromatic nitrogens is 4. The van der Waals surface area contributed by atoms with E-state index in [9.17, 15) is 0 Å². The maximum Gasteiger partial charge on any atom is 0.0547 e. The lowest BCUT2D eigenvalue weighted by atomic mass is 9.88. The lowest BCUT2D eigenvalue weighted by Gasteiger charge is -2.15. The van der Waals surface area contributed by atoms with Crippen molar-refractivity contribution < 1.29 is 0 Å². The molecule has 23 aromatic rings. The molecule has 112 heavy (non-hydrogen) atoms. The molecule has 4 heterocycles. The maximum absolute atomic E-state index is 2.49. The van der Waals surface area contributed by atoms with Crippen molar-refractivity contribution in [3.63, 3.8) is 0 Å². The van der Waals surface area contributed by atoms with Gasteiger partial charge in [-0.25, -0.2) is 0 Å². The first kappa shape index (κ1) is 63.3. The Morgan fingerprint density at radius 3 is 1.04 bits per heavy atom. The fourth-order valence-electron chi connectivity index (χ4n) is 18.8. The van der Waals surface area contributed by atoms with Gasteiger partial charge in [0, 0.05) is 65.5 Å². The molecule has 0 aliphatic heterocycles. The van der Waals surface area contributed by atoms with Crippen molar-refractivity contribution in [2.24, 2.45) is 0 Å². The van der Waals surface area contributed by atoms with E-state index in [0.29, 0.717) is 0 Å². The Labute approximate surface area is 646 Å². The Morgan fingerprint density at radius 2 is 0.482 bits per heavy atom. The smallest absolute Gasteiger partial charge is 0.0547 e. The van der Waals surface area contributed by atoms with Gasteiger partial charge in [-0.3, -0.25) is 0 Å². The van der Waals surface area contributed by atoms with Crippen LogP contribution in [0.1, 0.15) is 0 Å². The van der Waals surface area contributed by atoms with Crippen LogP contribution in [0.3, 0.4) is 0 Å². The zero-order chi connectivity index (χ0) is 73.5. The second-order valence-corrected chi connectivity index (χ2v) is 29.8. The third kappa shape index (κ3) is 9.88. The topological polar surface area (TPSA) is 19.7 Å². The van der Waals surface area contributed by atoms with Crippen LogP contribution in [0.4, 0.5) is 0 Å². The van der Waals surface area contributed by atoms with Gasteiger partial charge in [-0.05, 0) is 220 Å². The summed E-state index contributed by atoms with van der Waals surface area (Å²) in [5.74, 6) is 0. The largest absolute Gasteiger partial charge is 0.309 e. The normalized spacial score (nSPS) is 11.9. The molecule has 1 aliphatic rings. The summed E-state index contributed by atoms with van der Waals surface area (Å²) in [6, 6.07) is 151. The molecule has 24 rings (SSSR count). The quantitative estimate of drug-likeness (QED) is 0.128. The van der Waals surface area contributed by atoms with E-state index < -0.39 is 0 Å². The molecule has 0 unspecified atom stereocenters. The zero-order valence-electron chi connectivity index (χ0n) is 61.0. The second kappa shape index (κ2) is 25.4. The number of hydrogen-bond donors (Lipinski definition) is 0. The summed E-state index contributed by atoms with van der Waals surface area (Å²) in [4.78, 5) is 0. The van der Waals surface area contributed by atoms with Crippen LogP contribution in [0.5, 0.6) is 0 Å². The summed E-state index contributed by atoms with van der Waals surface area (Å²) in [6.45, 7) is 0. The van der Waals surface area contributed by atoms with Crippen LogP contribution in [0.15, 0.2) is 413 Å². The zero-order valence-corrected chi connectivity index (χ0v) is 61.0. The molecule has 0 saturated carbocycles. The van der Waals surface area contributed by atoms with Gasteiger partial charge in [-0.2, -0.15) is 0 Å². The molecule has 4 nitrogen and oxygen atoms in total. The average Bonchev–Trinajstić information content (AvgIpc) is 1.54. The van der Waals surface area contributed by atoms with Crippen LogP contribution in [-0.2, 0) is 0 Å². The van der Waals surface area contributed by atoms with E-state index in [1.807, 2.05) is 0 Å². The fraction of sp³-hybridized carbons (Fsp3) is 0. The van der Waals surface area contributed by atoms with E-state index in [-0.39, 0.29) is 0 Å². The van der Waals surface area contributed by atoms with Gasteiger partial charge >= 0.3 is 0 Å². The van der Waals surface area contributed by atoms with Crippen LogP contribution < -0.4 is 0 Å². The summed E-state index contributed by atoms with van der Waals surface area (Å²) in [5.41, 5.74) is 31.9. The average molecular weight is 1420 g/mol. The second-order valence-electron chi connectivity index (χ2n) is 29.8. The maximum atomic E-state index is 2.49. The van der Waals surface area contributed by atoms with E-state index >= 15 is 0 Å². The molecular formula is C108H68N4. The van der Waals surface area contributed by atoms with E-state index in [1.54, 1.807) is 0 Å². The minimum atomic E-state index is 1.16. The van der Waals surface area contributed by atoms with Crippen molar-refractivity contribution in [3.8, 4) is 101 Å². The van der Waals surface area contributed by atoms with Gasteiger partial charge in [0.15, 0.2) is 0 Å². The Hall–Kier alpha value is -14.8. The summed E-state index contributed by atoms with van der Waals surface area (Å²) >= 11 is 0. The standard InChI is InChI=1S/C58H36N2.C50H32N2/c1-4-15-37(16-5-1)42-29-30-43(38-17-6-2-7-18-38)58-48-31-34-53(46-23-14-24-47(56(46)48)57(42)58)60-52-26-13-11-22-45(52)50-36-40(28-33-55(50)60)39-27-32-54-49(35-39)44-21-10-12-25-51(44)59(54)41-19-8-3-9-20-41;1-2-13-39(14-3-1)51-47-19-8-6-17-43(47)45-27-24-37(32-50(45)51)36-25-28-49-46(31-36)44-18-7-9-20-48(44)52(49)40-15-10-12-34(30-40)35-23-26-42-38(29-35)22-21-33-11-4-5-16-41(33)42/h1-36H;1-32H. The molecule has 0 fully saturated rings. The summed E-state index contributed by atoms with van der Waals surface area (Å²) in [6.07, 6.45) is 0. The molecule has 0 N–H and O–H groups in total. The van der Waals surface area contributed by atoms with Crippen molar-refractivity contribution in [3.05, 3.63) is 413 Å². The first-order valence-corrected chi connectivity index (χ1v) is 38.7. The highest BCUT2D eigenvalue weighted by Gasteiger charge is 2.30. The number of rotatable bonds is 9. The van der Waals surface area contributed by atoms with Crippen LogP contribution in [0, 0.1) is 0 Å². The highest BCUT2D eigenvalue weighted by atomic mass is 15.0. The molecule has 1 aliphatic carbocycles. The third-order valence-electron chi connectivity index (χ3n) is 23.7. The van der Waals surface area contributed by atoms with E-state index in [2.05, 4.69) is 431 Å². The van der Waals surface area contributed by atoms with E-state index in [4.69, 9.17) is 0 Å². The number of hydrogen-bond acceptors (Lipinski definition) is 0. The third-order valence-corrected chi connectivity index (χ3v) is 23.7. The first-order chi connectivity index (χ1) is 55.6. The lowest BCUT2D eigenvalue weighted by Crippen LogP contribution is -1.96. The Morgan fingerprint density at radius 1 is 0.143 bits per heavy atom. The van der Waals surface area contributed by atoms with E-state index in [1.165, 1.54) is 214 Å². The van der Waals surface area contributed by atoms with Crippen molar-refractivity contribution in [2.45, 2.75) is 0 Å².